The molecule has 0 aliphatic carbocycles. The molecule has 1 aromatic heterocycles. The minimum atomic E-state index is -0.238. The zero-order valence-electron chi connectivity index (χ0n) is 15.0. The molecular weight excluding hydrogens is 351 g/mol. The van der Waals surface area contributed by atoms with Gasteiger partial charge in [-0.05, 0) is 35.9 Å². The third kappa shape index (κ3) is 2.79. The smallest absolute Gasteiger partial charge is 0.256 e. The average molecular weight is 368 g/mol. The summed E-state index contributed by atoms with van der Waals surface area (Å²) in [5, 5.41) is 4.00. The molecule has 0 fully saturated rings. The number of nitrogens with one attached hydrogen (secondary N) is 1. The van der Waals surface area contributed by atoms with E-state index in [4.69, 9.17) is 0 Å². The van der Waals surface area contributed by atoms with E-state index in [1.807, 2.05) is 42.5 Å². The number of rotatable bonds is 3. The fraction of sp³-hybridized carbons (Fsp3) is 0.0417. The van der Waals surface area contributed by atoms with E-state index in [0.717, 1.165) is 33.3 Å². The SMILES string of the molecule is O=C1Nc2ccccc2C1=Cc1cn(Cc2ccc(F)cc2)c2ccccc12. The van der Waals surface area contributed by atoms with Gasteiger partial charge in [0.1, 0.15) is 5.82 Å². The second-order valence-corrected chi connectivity index (χ2v) is 6.91. The van der Waals surface area contributed by atoms with Gasteiger partial charge in [0.05, 0.1) is 0 Å². The molecule has 28 heavy (non-hydrogen) atoms. The molecule has 1 aliphatic rings. The van der Waals surface area contributed by atoms with Crippen LogP contribution in [0.2, 0.25) is 0 Å². The summed E-state index contributed by atoms with van der Waals surface area (Å²) in [4.78, 5) is 12.5. The number of nitrogens with zero attached hydrogens (tertiary/aromatic N) is 1. The third-order valence-electron chi connectivity index (χ3n) is 5.10. The molecule has 4 heteroatoms. The predicted molar refractivity (Wildman–Crippen MR) is 110 cm³/mol. The second kappa shape index (κ2) is 6.50. The normalized spacial score (nSPS) is 14.5. The molecule has 0 radical (unpaired) electrons. The molecule has 3 aromatic carbocycles. The van der Waals surface area contributed by atoms with Crippen molar-refractivity contribution in [3.63, 3.8) is 0 Å². The van der Waals surface area contributed by atoms with Crippen LogP contribution in [0.25, 0.3) is 22.6 Å². The first-order valence-corrected chi connectivity index (χ1v) is 9.14. The summed E-state index contributed by atoms with van der Waals surface area (Å²) in [6.07, 6.45) is 4.00. The number of anilines is 1. The van der Waals surface area contributed by atoms with Gasteiger partial charge in [0.15, 0.2) is 0 Å². The van der Waals surface area contributed by atoms with E-state index in [1.165, 1.54) is 12.1 Å². The molecule has 5 rings (SSSR count). The van der Waals surface area contributed by atoms with Gasteiger partial charge in [-0.25, -0.2) is 4.39 Å². The number of para-hydroxylation sites is 2. The molecule has 0 saturated carbocycles. The molecule has 136 valence electrons. The number of hydrogen-bond donors (Lipinski definition) is 1. The van der Waals surface area contributed by atoms with Crippen LogP contribution in [0.3, 0.4) is 0 Å². The van der Waals surface area contributed by atoms with Crippen molar-refractivity contribution in [3.05, 3.63) is 102 Å². The Labute approximate surface area is 161 Å². The van der Waals surface area contributed by atoms with Crippen LogP contribution in [0.4, 0.5) is 10.1 Å². The van der Waals surface area contributed by atoms with Gasteiger partial charge in [-0.1, -0.05) is 48.5 Å². The third-order valence-corrected chi connectivity index (χ3v) is 5.10. The summed E-state index contributed by atoms with van der Waals surface area (Å²) < 4.78 is 15.3. The van der Waals surface area contributed by atoms with Crippen LogP contribution >= 0.6 is 0 Å². The van der Waals surface area contributed by atoms with Crippen molar-refractivity contribution in [1.29, 1.82) is 0 Å². The van der Waals surface area contributed by atoms with Crippen molar-refractivity contribution in [2.75, 3.05) is 5.32 Å². The molecular formula is C24H17FN2O. The summed E-state index contributed by atoms with van der Waals surface area (Å²) in [5.41, 5.74) is 5.51. The van der Waals surface area contributed by atoms with Crippen LogP contribution in [0.5, 0.6) is 0 Å². The Balaban J connectivity index is 1.61. The number of benzene rings is 3. The zero-order valence-corrected chi connectivity index (χ0v) is 15.0. The molecule has 1 aliphatic heterocycles. The van der Waals surface area contributed by atoms with Crippen molar-refractivity contribution >= 4 is 34.1 Å². The highest BCUT2D eigenvalue weighted by molar-refractivity contribution is 6.35. The maximum Gasteiger partial charge on any atom is 0.256 e. The molecule has 0 spiro atoms. The van der Waals surface area contributed by atoms with Gasteiger partial charge < -0.3 is 9.88 Å². The summed E-state index contributed by atoms with van der Waals surface area (Å²) >= 11 is 0. The molecule has 4 aromatic rings. The summed E-state index contributed by atoms with van der Waals surface area (Å²) in [7, 11) is 0. The van der Waals surface area contributed by atoms with Gasteiger partial charge in [-0.2, -0.15) is 0 Å². The summed E-state index contributed by atoms with van der Waals surface area (Å²) in [6, 6.07) is 22.4. The van der Waals surface area contributed by atoms with Crippen LogP contribution in [0.15, 0.2) is 79.0 Å². The van der Waals surface area contributed by atoms with E-state index in [0.29, 0.717) is 12.1 Å². The predicted octanol–water partition coefficient (Wildman–Crippen LogP) is 5.32. The van der Waals surface area contributed by atoms with Crippen molar-refractivity contribution in [2.24, 2.45) is 0 Å². The quantitative estimate of drug-likeness (QED) is 0.488. The van der Waals surface area contributed by atoms with Gasteiger partial charge in [0, 0.05) is 46.0 Å². The van der Waals surface area contributed by atoms with Crippen LogP contribution in [-0.4, -0.2) is 10.5 Å². The molecule has 2 heterocycles. The van der Waals surface area contributed by atoms with E-state index in [1.54, 1.807) is 12.1 Å². The first-order chi connectivity index (χ1) is 13.7. The molecule has 0 saturated heterocycles. The number of fused-ring (bicyclic) bond motifs is 2. The maximum absolute atomic E-state index is 13.2. The minimum Gasteiger partial charge on any atom is -0.342 e. The van der Waals surface area contributed by atoms with Gasteiger partial charge in [0.25, 0.3) is 5.91 Å². The Hall–Kier alpha value is -3.66. The number of carbonyl (C=O) groups is 1. The standard InChI is InChI=1S/C24H17FN2O/c25-18-11-9-16(10-12-18)14-27-15-17(19-5-2-4-8-23(19)27)13-21-20-6-1-3-7-22(20)26-24(21)28/h1-13,15H,14H2,(H,26,28). The zero-order chi connectivity index (χ0) is 19.1. The van der Waals surface area contributed by atoms with Crippen LogP contribution in [0.1, 0.15) is 16.7 Å². The van der Waals surface area contributed by atoms with E-state index in [2.05, 4.69) is 28.2 Å². The number of aromatic nitrogens is 1. The lowest BCUT2D eigenvalue weighted by molar-refractivity contribution is -0.110. The Morgan fingerprint density at radius 3 is 2.54 bits per heavy atom. The Bertz CT molecular complexity index is 1240. The van der Waals surface area contributed by atoms with Crippen LogP contribution < -0.4 is 5.32 Å². The number of halogens is 1. The molecule has 0 atom stereocenters. The Morgan fingerprint density at radius 2 is 1.68 bits per heavy atom. The molecule has 3 nitrogen and oxygen atoms in total. The van der Waals surface area contributed by atoms with E-state index >= 15 is 0 Å². The first-order valence-electron chi connectivity index (χ1n) is 9.14. The highest BCUT2D eigenvalue weighted by Crippen LogP contribution is 2.34. The van der Waals surface area contributed by atoms with Crippen molar-refractivity contribution in [3.8, 4) is 0 Å². The van der Waals surface area contributed by atoms with Gasteiger partial charge in [0.2, 0.25) is 0 Å². The van der Waals surface area contributed by atoms with E-state index in [-0.39, 0.29) is 11.7 Å². The maximum atomic E-state index is 13.2. The summed E-state index contributed by atoms with van der Waals surface area (Å²) in [5.74, 6) is -0.325. The fourth-order valence-corrected chi connectivity index (χ4v) is 3.75. The monoisotopic (exact) mass is 368 g/mol. The number of amides is 1. The van der Waals surface area contributed by atoms with E-state index < -0.39 is 0 Å². The highest BCUT2D eigenvalue weighted by atomic mass is 19.1. The van der Waals surface area contributed by atoms with Crippen molar-refractivity contribution in [2.45, 2.75) is 6.54 Å². The van der Waals surface area contributed by atoms with E-state index in [9.17, 15) is 9.18 Å². The van der Waals surface area contributed by atoms with Crippen molar-refractivity contribution in [1.82, 2.24) is 4.57 Å². The molecule has 1 amide bonds. The van der Waals surface area contributed by atoms with Gasteiger partial charge in [-0.15, -0.1) is 0 Å². The Morgan fingerprint density at radius 1 is 0.929 bits per heavy atom. The lowest BCUT2D eigenvalue weighted by Crippen LogP contribution is -2.03. The topological polar surface area (TPSA) is 34.0 Å². The first kappa shape index (κ1) is 16.5. The number of hydrogen-bond acceptors (Lipinski definition) is 1. The lowest BCUT2D eigenvalue weighted by Gasteiger charge is -2.05. The molecule has 1 N–H and O–H groups in total. The van der Waals surface area contributed by atoms with Gasteiger partial charge >= 0.3 is 0 Å². The van der Waals surface area contributed by atoms with Crippen molar-refractivity contribution < 1.29 is 9.18 Å². The highest BCUT2D eigenvalue weighted by Gasteiger charge is 2.23. The molecule has 0 bridgehead atoms. The summed E-state index contributed by atoms with van der Waals surface area (Å²) in [6.45, 7) is 0.632. The fourth-order valence-electron chi connectivity index (χ4n) is 3.75. The Kier molecular flexibility index (Phi) is 3.83. The average Bonchev–Trinajstić information content (AvgIpc) is 3.22. The number of carbonyl (C=O) groups excluding carboxylic acids is 1. The van der Waals surface area contributed by atoms with Crippen LogP contribution in [0, 0.1) is 5.82 Å². The molecule has 0 unspecified atom stereocenters. The lowest BCUT2D eigenvalue weighted by atomic mass is 10.0. The van der Waals surface area contributed by atoms with Crippen LogP contribution in [-0.2, 0) is 11.3 Å². The minimum absolute atomic E-state index is 0.0865. The van der Waals surface area contributed by atoms with Gasteiger partial charge in [-0.3, -0.25) is 4.79 Å². The second-order valence-electron chi connectivity index (χ2n) is 6.91. The largest absolute Gasteiger partial charge is 0.342 e.